The second-order valence-electron chi connectivity index (χ2n) is 8.43. The van der Waals surface area contributed by atoms with Gasteiger partial charge in [0.2, 0.25) is 5.91 Å². The number of hydrogen-bond donors (Lipinski definition) is 3. The topological polar surface area (TPSA) is 102 Å². The van der Waals surface area contributed by atoms with Gasteiger partial charge in [0.15, 0.2) is 0 Å². The lowest BCUT2D eigenvalue weighted by molar-refractivity contribution is -0.120. The van der Waals surface area contributed by atoms with Gasteiger partial charge in [0.05, 0.1) is 18.7 Å². The molecule has 0 aromatic rings. The number of hydrogen-bond acceptors (Lipinski definition) is 6. The van der Waals surface area contributed by atoms with Gasteiger partial charge in [0, 0.05) is 25.0 Å². The van der Waals surface area contributed by atoms with Gasteiger partial charge in [-0.3, -0.25) is 4.79 Å². The van der Waals surface area contributed by atoms with Crippen molar-refractivity contribution < 1.29 is 22.7 Å². The first-order valence-corrected chi connectivity index (χ1v) is 11.4. The summed E-state index contributed by atoms with van der Waals surface area (Å²) in [5, 5.41) is 14.0. The van der Waals surface area contributed by atoms with Crippen LogP contribution in [-0.2, 0) is 15.0 Å². The quantitative estimate of drug-likeness (QED) is 0.570. The van der Waals surface area contributed by atoms with Crippen LogP contribution in [-0.4, -0.2) is 85.7 Å². The summed E-state index contributed by atoms with van der Waals surface area (Å²) in [7, 11) is -4.07. The number of halogens is 1. The molecule has 3 N–H and O–H groups in total. The zero-order valence-corrected chi connectivity index (χ0v) is 16.2. The fraction of sp³-hybridized carbons (Fsp3) is 0.941. The van der Waals surface area contributed by atoms with Crippen LogP contribution in [0.2, 0.25) is 0 Å². The average Bonchev–Trinajstić information content (AvgIpc) is 2.89. The molecule has 3 aliphatic heterocycles. The largest absolute Gasteiger partial charge is 0.391 e. The highest BCUT2D eigenvalue weighted by molar-refractivity contribution is 7.88. The lowest BCUT2D eigenvalue weighted by atomic mass is 9.70. The number of amides is 1. The van der Waals surface area contributed by atoms with E-state index in [-0.39, 0.29) is 11.8 Å². The first kappa shape index (κ1) is 19.5. The van der Waals surface area contributed by atoms with Crippen molar-refractivity contribution in [2.45, 2.75) is 56.5 Å². The van der Waals surface area contributed by atoms with Crippen molar-refractivity contribution in [1.29, 1.82) is 0 Å². The summed E-state index contributed by atoms with van der Waals surface area (Å²) in [6, 6.07) is -0.762. The van der Waals surface area contributed by atoms with Crippen LogP contribution in [0.4, 0.5) is 4.39 Å². The summed E-state index contributed by atoms with van der Waals surface area (Å²) in [6.45, 7) is 2.94. The molecule has 154 valence electrons. The maximum Gasteiger partial charge on any atom is 0.304 e. The van der Waals surface area contributed by atoms with E-state index in [9.17, 15) is 18.3 Å². The fourth-order valence-electron chi connectivity index (χ4n) is 5.30. The Morgan fingerprint density at radius 2 is 2.07 bits per heavy atom. The van der Waals surface area contributed by atoms with Crippen LogP contribution < -0.4 is 10.0 Å². The summed E-state index contributed by atoms with van der Waals surface area (Å²) in [5.74, 6) is -0.942. The molecule has 27 heavy (non-hydrogen) atoms. The number of alkyl halides is 1. The van der Waals surface area contributed by atoms with Crippen molar-refractivity contribution in [3.05, 3.63) is 0 Å². The van der Waals surface area contributed by atoms with E-state index < -0.39 is 41.0 Å². The number of aliphatic hydroxyl groups is 1. The van der Waals surface area contributed by atoms with E-state index in [1.165, 1.54) is 12.8 Å². The van der Waals surface area contributed by atoms with Crippen LogP contribution in [0, 0.1) is 11.8 Å². The lowest BCUT2D eigenvalue weighted by Crippen LogP contribution is -2.61. The minimum Gasteiger partial charge on any atom is -0.391 e. The highest BCUT2D eigenvalue weighted by atomic mass is 32.2. The van der Waals surface area contributed by atoms with E-state index in [4.69, 9.17) is 0 Å². The van der Waals surface area contributed by atoms with Crippen LogP contribution in [0.1, 0.15) is 32.1 Å². The van der Waals surface area contributed by atoms with Crippen molar-refractivity contribution in [1.82, 2.24) is 19.2 Å². The first-order valence-electron chi connectivity index (χ1n) is 9.95. The predicted molar refractivity (Wildman–Crippen MR) is 96.8 cm³/mol. The Bertz CT molecular complexity index is 672. The maximum absolute atomic E-state index is 15.5. The van der Waals surface area contributed by atoms with Crippen molar-refractivity contribution in [2.24, 2.45) is 11.8 Å². The summed E-state index contributed by atoms with van der Waals surface area (Å²) < 4.78 is 42.5. The van der Waals surface area contributed by atoms with E-state index in [0.29, 0.717) is 19.0 Å². The highest BCUT2D eigenvalue weighted by Gasteiger charge is 2.53. The van der Waals surface area contributed by atoms with E-state index in [1.54, 1.807) is 0 Å². The number of nitrogens with zero attached hydrogens (tertiary/aromatic N) is 2. The Balaban J connectivity index is 1.46. The monoisotopic (exact) mass is 404 g/mol. The van der Waals surface area contributed by atoms with Gasteiger partial charge in [-0.25, -0.2) is 9.11 Å². The molecular weight excluding hydrogens is 375 g/mol. The van der Waals surface area contributed by atoms with E-state index in [1.807, 2.05) is 4.72 Å². The van der Waals surface area contributed by atoms with Crippen LogP contribution in [0.3, 0.4) is 0 Å². The molecule has 8 nitrogen and oxygen atoms in total. The minimum atomic E-state index is -4.07. The van der Waals surface area contributed by atoms with Crippen LogP contribution in [0.5, 0.6) is 0 Å². The second-order valence-corrected chi connectivity index (χ2v) is 10.1. The number of carbonyl (C=O) groups is 1. The molecular formula is C17H29FN4O4S. The molecule has 1 amide bonds. The molecule has 4 fully saturated rings. The molecule has 10 heteroatoms. The van der Waals surface area contributed by atoms with Crippen molar-refractivity contribution in [2.75, 3.05) is 32.7 Å². The normalized spacial score (nSPS) is 43.3. The number of rotatable bonds is 3. The number of carbonyl (C=O) groups excluding carboxylic acids is 1. The predicted octanol–water partition coefficient (Wildman–Crippen LogP) is -0.785. The molecule has 4 rings (SSSR count). The standard InChI is InChI=1S/C17H29FN4O4S/c18-16-13-9-21(8-12-3-1-2-5-19-12)6-4-11(13)7-14(23)17(16)22-10-15(24)20-27(22,25)26/h11-14,16-17,19,23H,1-10H2,(H,20,24). The van der Waals surface area contributed by atoms with Gasteiger partial charge in [-0.1, -0.05) is 6.42 Å². The summed E-state index contributed by atoms with van der Waals surface area (Å²) in [6.07, 6.45) is 2.16. The van der Waals surface area contributed by atoms with Gasteiger partial charge < -0.3 is 15.3 Å². The summed E-state index contributed by atoms with van der Waals surface area (Å²) >= 11 is 0. The van der Waals surface area contributed by atoms with Crippen molar-refractivity contribution in [3.63, 3.8) is 0 Å². The molecule has 1 saturated carbocycles. The van der Waals surface area contributed by atoms with Crippen LogP contribution in [0.15, 0.2) is 0 Å². The maximum atomic E-state index is 15.5. The minimum absolute atomic E-state index is 0.0517. The number of fused-ring (bicyclic) bond motifs is 1. The third kappa shape index (κ3) is 3.87. The number of piperidine rings is 2. The summed E-state index contributed by atoms with van der Waals surface area (Å²) in [4.78, 5) is 13.8. The zero-order valence-electron chi connectivity index (χ0n) is 15.4. The smallest absolute Gasteiger partial charge is 0.304 e. The molecule has 0 bridgehead atoms. The molecule has 0 radical (unpaired) electrons. The van der Waals surface area contributed by atoms with E-state index in [0.717, 1.165) is 36.8 Å². The number of aliphatic hydroxyl groups excluding tert-OH is 1. The third-order valence-corrected chi connectivity index (χ3v) is 8.11. The molecule has 4 aliphatic rings. The molecule has 0 aromatic carbocycles. The molecule has 6 atom stereocenters. The van der Waals surface area contributed by atoms with Gasteiger partial charge in [-0.05, 0) is 44.7 Å². The SMILES string of the molecule is O=C1CN(C2C(O)CC3CCN(CC4CCCCN4)CC3C2F)S(=O)(=O)N1. The van der Waals surface area contributed by atoms with Crippen molar-refractivity contribution in [3.8, 4) is 0 Å². The third-order valence-electron chi connectivity index (χ3n) is 6.64. The van der Waals surface area contributed by atoms with Gasteiger partial charge in [0.25, 0.3) is 0 Å². The first-order chi connectivity index (χ1) is 12.8. The fourth-order valence-corrected chi connectivity index (χ4v) is 6.64. The van der Waals surface area contributed by atoms with Gasteiger partial charge in [-0.2, -0.15) is 12.7 Å². The van der Waals surface area contributed by atoms with E-state index in [2.05, 4.69) is 10.2 Å². The molecule has 0 spiro atoms. The van der Waals surface area contributed by atoms with Gasteiger partial charge in [0.1, 0.15) is 6.17 Å². The lowest BCUT2D eigenvalue weighted by Gasteiger charge is -2.49. The van der Waals surface area contributed by atoms with Gasteiger partial charge in [-0.15, -0.1) is 0 Å². The van der Waals surface area contributed by atoms with Crippen LogP contribution in [0.25, 0.3) is 0 Å². The van der Waals surface area contributed by atoms with E-state index >= 15 is 4.39 Å². The van der Waals surface area contributed by atoms with Crippen LogP contribution >= 0.6 is 0 Å². The second kappa shape index (κ2) is 7.55. The Hall–Kier alpha value is -0.810. The molecule has 1 aliphatic carbocycles. The average molecular weight is 405 g/mol. The Kier molecular flexibility index (Phi) is 5.45. The van der Waals surface area contributed by atoms with Gasteiger partial charge >= 0.3 is 10.2 Å². The Morgan fingerprint density at radius 1 is 1.26 bits per heavy atom. The molecule has 0 aromatic heterocycles. The molecule has 3 heterocycles. The Labute approximate surface area is 159 Å². The molecule has 6 unspecified atom stereocenters. The number of nitrogens with one attached hydrogen (secondary N) is 2. The highest BCUT2D eigenvalue weighted by Crippen LogP contribution is 2.41. The zero-order chi connectivity index (χ0) is 19.2. The van der Waals surface area contributed by atoms with Crippen molar-refractivity contribution >= 4 is 16.1 Å². The number of likely N-dealkylation sites (tertiary alicyclic amines) is 1. The Morgan fingerprint density at radius 3 is 2.74 bits per heavy atom. The molecule has 3 saturated heterocycles. The summed E-state index contributed by atoms with van der Waals surface area (Å²) in [5.41, 5.74) is 0.